The van der Waals surface area contributed by atoms with Crippen molar-refractivity contribution in [1.29, 1.82) is 5.26 Å². The molecule has 1 heterocycles. The number of H-pyrrole nitrogens is 1. The molecular weight excluding hydrogens is 244 g/mol. The van der Waals surface area contributed by atoms with Crippen LogP contribution >= 0.6 is 12.2 Å². The molecule has 0 bridgehead atoms. The van der Waals surface area contributed by atoms with E-state index in [1.807, 2.05) is 36.4 Å². The average molecular weight is 254 g/mol. The van der Waals surface area contributed by atoms with Crippen LogP contribution in [0.5, 0.6) is 0 Å². The van der Waals surface area contributed by atoms with E-state index >= 15 is 0 Å². The highest BCUT2D eigenvalue weighted by molar-refractivity contribution is 7.80. The second-order valence-corrected chi connectivity index (χ2v) is 4.04. The average Bonchev–Trinajstić information content (AvgIpc) is 2.84. The lowest BCUT2D eigenvalue weighted by atomic mass is 10.1. The Labute approximate surface area is 110 Å². The molecule has 0 spiro atoms. The topological polar surface area (TPSA) is 78.5 Å². The smallest absolute Gasteiger partial charge is 0.114 e. The zero-order valence-electron chi connectivity index (χ0n) is 9.42. The first kappa shape index (κ1) is 12.0. The molecule has 2 aromatic rings. The molecule has 0 aliphatic rings. The fourth-order valence-electron chi connectivity index (χ4n) is 1.55. The number of thiocarbonyl (C=S) groups is 1. The van der Waals surface area contributed by atoms with Crippen molar-refractivity contribution in [3.8, 4) is 17.3 Å². The third-order valence-corrected chi connectivity index (χ3v) is 2.64. The number of aromatic amines is 1. The summed E-state index contributed by atoms with van der Waals surface area (Å²) in [5.74, 6) is 0. The summed E-state index contributed by atoms with van der Waals surface area (Å²) in [7, 11) is 0. The summed E-state index contributed by atoms with van der Waals surface area (Å²) in [5, 5.41) is 15.8. The van der Waals surface area contributed by atoms with Crippen LogP contribution in [0.2, 0.25) is 0 Å². The van der Waals surface area contributed by atoms with Crippen LogP contribution in [0.15, 0.2) is 42.1 Å². The number of nitrogens with one attached hydrogen (secondary N) is 1. The summed E-state index contributed by atoms with van der Waals surface area (Å²) in [6.07, 6.45) is 3.27. The van der Waals surface area contributed by atoms with Gasteiger partial charge < -0.3 is 5.73 Å². The first-order valence-electron chi connectivity index (χ1n) is 5.22. The van der Waals surface area contributed by atoms with Crippen LogP contribution in [-0.2, 0) is 0 Å². The van der Waals surface area contributed by atoms with Gasteiger partial charge in [-0.1, -0.05) is 42.5 Å². The zero-order chi connectivity index (χ0) is 13.0. The lowest BCUT2D eigenvalue weighted by Gasteiger charge is -2.00. The van der Waals surface area contributed by atoms with Crippen molar-refractivity contribution < 1.29 is 0 Å². The normalized spacial score (nSPS) is 10.9. The maximum Gasteiger partial charge on any atom is 0.114 e. The van der Waals surface area contributed by atoms with E-state index in [4.69, 9.17) is 23.2 Å². The van der Waals surface area contributed by atoms with E-state index in [1.165, 1.54) is 0 Å². The van der Waals surface area contributed by atoms with Crippen LogP contribution < -0.4 is 5.73 Å². The second kappa shape index (κ2) is 5.25. The van der Waals surface area contributed by atoms with Crippen molar-refractivity contribution >= 4 is 23.3 Å². The van der Waals surface area contributed by atoms with Gasteiger partial charge in [0, 0.05) is 11.1 Å². The largest absolute Gasteiger partial charge is 0.389 e. The van der Waals surface area contributed by atoms with Crippen molar-refractivity contribution in [3.63, 3.8) is 0 Å². The van der Waals surface area contributed by atoms with E-state index in [-0.39, 0.29) is 10.6 Å². The molecule has 1 aromatic heterocycles. The highest BCUT2D eigenvalue weighted by Crippen LogP contribution is 2.22. The Morgan fingerprint density at radius 1 is 1.39 bits per heavy atom. The maximum absolute atomic E-state index is 8.94. The molecule has 3 N–H and O–H groups in total. The Bertz CT molecular complexity index is 635. The third kappa shape index (κ3) is 2.44. The van der Waals surface area contributed by atoms with Crippen LogP contribution in [0.25, 0.3) is 17.3 Å². The van der Waals surface area contributed by atoms with E-state index < -0.39 is 0 Å². The quantitative estimate of drug-likeness (QED) is 0.500. The Morgan fingerprint density at radius 2 is 2.11 bits per heavy atom. The van der Waals surface area contributed by atoms with E-state index in [1.54, 1.807) is 12.3 Å². The molecule has 0 aliphatic heterocycles. The molecular formula is C13H10N4S. The molecule has 0 unspecified atom stereocenters. The van der Waals surface area contributed by atoms with Crippen molar-refractivity contribution in [2.45, 2.75) is 0 Å². The van der Waals surface area contributed by atoms with Gasteiger partial charge in [0.2, 0.25) is 0 Å². The Balaban J connectivity index is 2.47. The minimum Gasteiger partial charge on any atom is -0.389 e. The van der Waals surface area contributed by atoms with E-state index in [9.17, 15) is 0 Å². The molecule has 18 heavy (non-hydrogen) atoms. The standard InChI is InChI=1S/C13H10N4S/c14-7-10(13(15)18)6-11-8-16-17-12(11)9-4-2-1-3-5-9/h1-6,8H,(H2,15,18)(H,16,17). The fraction of sp³-hybridized carbons (Fsp3) is 0. The van der Waals surface area contributed by atoms with Gasteiger partial charge in [-0.05, 0) is 6.08 Å². The van der Waals surface area contributed by atoms with Crippen LogP contribution in [-0.4, -0.2) is 15.2 Å². The number of nitriles is 1. The summed E-state index contributed by atoms with van der Waals surface area (Å²) in [6.45, 7) is 0. The van der Waals surface area contributed by atoms with Gasteiger partial charge in [0.1, 0.15) is 11.1 Å². The van der Waals surface area contributed by atoms with Gasteiger partial charge in [-0.25, -0.2) is 0 Å². The lowest BCUT2D eigenvalue weighted by molar-refractivity contribution is 1.10. The van der Waals surface area contributed by atoms with Gasteiger partial charge in [0.05, 0.1) is 17.5 Å². The molecule has 0 amide bonds. The number of hydrogen-bond acceptors (Lipinski definition) is 3. The molecule has 0 aliphatic carbocycles. The molecule has 0 atom stereocenters. The van der Waals surface area contributed by atoms with Gasteiger partial charge in [0.15, 0.2) is 0 Å². The lowest BCUT2D eigenvalue weighted by Crippen LogP contribution is -2.09. The number of nitrogens with two attached hydrogens (primary N) is 1. The molecule has 5 heteroatoms. The molecule has 2 rings (SSSR count). The summed E-state index contributed by atoms with van der Waals surface area (Å²) >= 11 is 4.81. The number of hydrogen-bond donors (Lipinski definition) is 2. The third-order valence-electron chi connectivity index (χ3n) is 2.42. The van der Waals surface area contributed by atoms with Crippen molar-refractivity contribution in [3.05, 3.63) is 47.7 Å². The Hall–Kier alpha value is -2.45. The summed E-state index contributed by atoms with van der Waals surface area (Å²) < 4.78 is 0. The Kier molecular flexibility index (Phi) is 3.51. The zero-order valence-corrected chi connectivity index (χ0v) is 10.2. The molecule has 0 radical (unpaired) electrons. The second-order valence-electron chi connectivity index (χ2n) is 3.60. The van der Waals surface area contributed by atoms with E-state index in [0.29, 0.717) is 0 Å². The maximum atomic E-state index is 8.94. The van der Waals surface area contributed by atoms with Gasteiger partial charge in [-0.15, -0.1) is 0 Å². The SMILES string of the molecule is N#CC(=Cc1cn[nH]c1-c1ccccc1)C(N)=S. The van der Waals surface area contributed by atoms with Gasteiger partial charge in [-0.2, -0.15) is 10.4 Å². The monoisotopic (exact) mass is 254 g/mol. The summed E-state index contributed by atoms with van der Waals surface area (Å²) in [6, 6.07) is 11.7. The number of nitrogens with zero attached hydrogens (tertiary/aromatic N) is 2. The highest BCUT2D eigenvalue weighted by atomic mass is 32.1. The number of aromatic nitrogens is 2. The number of rotatable bonds is 3. The first-order chi connectivity index (χ1) is 8.72. The van der Waals surface area contributed by atoms with E-state index in [2.05, 4.69) is 10.2 Å². The van der Waals surface area contributed by atoms with Crippen LogP contribution in [0.1, 0.15) is 5.56 Å². The van der Waals surface area contributed by atoms with Gasteiger partial charge in [0.25, 0.3) is 0 Å². The van der Waals surface area contributed by atoms with Crippen LogP contribution in [0.4, 0.5) is 0 Å². The summed E-state index contributed by atoms with van der Waals surface area (Å²) in [5.41, 5.74) is 8.33. The van der Waals surface area contributed by atoms with Gasteiger partial charge >= 0.3 is 0 Å². The van der Waals surface area contributed by atoms with Crippen molar-refractivity contribution in [1.82, 2.24) is 10.2 Å². The van der Waals surface area contributed by atoms with Crippen LogP contribution in [0.3, 0.4) is 0 Å². The minimum absolute atomic E-state index is 0.0812. The molecule has 88 valence electrons. The van der Waals surface area contributed by atoms with Gasteiger partial charge in [-0.3, -0.25) is 5.10 Å². The van der Waals surface area contributed by atoms with Crippen molar-refractivity contribution in [2.75, 3.05) is 0 Å². The molecule has 1 aromatic carbocycles. The summed E-state index contributed by atoms with van der Waals surface area (Å²) in [4.78, 5) is 0.0812. The predicted octanol–water partition coefficient (Wildman–Crippen LogP) is 2.27. The van der Waals surface area contributed by atoms with E-state index in [0.717, 1.165) is 16.8 Å². The Morgan fingerprint density at radius 3 is 2.72 bits per heavy atom. The fourth-order valence-corrected chi connectivity index (χ4v) is 1.66. The minimum atomic E-state index is 0.0812. The number of benzene rings is 1. The van der Waals surface area contributed by atoms with Crippen molar-refractivity contribution in [2.24, 2.45) is 5.73 Å². The molecule has 0 fully saturated rings. The first-order valence-corrected chi connectivity index (χ1v) is 5.63. The predicted molar refractivity (Wildman–Crippen MR) is 74.4 cm³/mol. The molecule has 4 nitrogen and oxygen atoms in total. The van der Waals surface area contributed by atoms with Crippen LogP contribution in [0, 0.1) is 11.3 Å². The molecule has 0 saturated carbocycles. The molecule has 0 saturated heterocycles. The highest BCUT2D eigenvalue weighted by Gasteiger charge is 2.07.